The van der Waals surface area contributed by atoms with Gasteiger partial charge in [0, 0.05) is 22.9 Å². The summed E-state index contributed by atoms with van der Waals surface area (Å²) in [6.45, 7) is 1.44. The molecule has 3 aromatic rings. The molecule has 0 saturated heterocycles. The second-order valence-electron chi connectivity index (χ2n) is 6.14. The van der Waals surface area contributed by atoms with E-state index in [-0.39, 0.29) is 23.6 Å². The Morgan fingerprint density at radius 1 is 1.17 bits per heavy atom. The van der Waals surface area contributed by atoms with Crippen LogP contribution in [0.15, 0.2) is 67.7 Å². The maximum atomic E-state index is 12.7. The zero-order valence-corrected chi connectivity index (χ0v) is 17.9. The van der Waals surface area contributed by atoms with Gasteiger partial charge < -0.3 is 5.11 Å². The Morgan fingerprint density at radius 2 is 1.83 bits per heavy atom. The molecular formula is C19H19BrN4O4S. The molecule has 0 radical (unpaired) electrons. The average molecular weight is 479 g/mol. The maximum Gasteiger partial charge on any atom is 0.280 e. The molecule has 0 amide bonds. The third kappa shape index (κ3) is 4.91. The highest BCUT2D eigenvalue weighted by molar-refractivity contribution is 9.10. The summed E-state index contributed by atoms with van der Waals surface area (Å²) >= 11 is 3.36. The van der Waals surface area contributed by atoms with Gasteiger partial charge in [0.15, 0.2) is 0 Å². The minimum absolute atomic E-state index is 0.0559. The number of H-pyrrole nitrogens is 1. The van der Waals surface area contributed by atoms with Crippen LogP contribution in [0.3, 0.4) is 0 Å². The van der Waals surface area contributed by atoms with Gasteiger partial charge in [0.05, 0.1) is 28.4 Å². The van der Waals surface area contributed by atoms with Gasteiger partial charge in [-0.05, 0) is 55.5 Å². The fraction of sp³-hybridized carbons (Fsp3) is 0.158. The van der Waals surface area contributed by atoms with E-state index in [2.05, 4.69) is 30.7 Å². The standard InChI is InChI=1S/C19H19BrN4O4S/c1-13-18(19(26)24(23-13)16-6-2-14(20)3-7-16)12-21-15-4-8-17(9-5-15)29(27,28)22-10-11-25/h2-9,12,22-23,25H,10-11H2,1H3. The van der Waals surface area contributed by atoms with Crippen molar-refractivity contribution in [1.82, 2.24) is 14.5 Å². The zero-order valence-electron chi connectivity index (χ0n) is 15.5. The van der Waals surface area contributed by atoms with Gasteiger partial charge in [-0.3, -0.25) is 14.9 Å². The fourth-order valence-corrected chi connectivity index (χ4v) is 3.88. The lowest BCUT2D eigenvalue weighted by molar-refractivity contribution is 0.301. The largest absolute Gasteiger partial charge is 0.395 e. The number of aryl methyl sites for hydroxylation is 1. The Bertz CT molecular complexity index is 1180. The maximum absolute atomic E-state index is 12.7. The molecule has 0 bridgehead atoms. The Balaban J connectivity index is 1.83. The summed E-state index contributed by atoms with van der Waals surface area (Å²) in [5, 5.41) is 11.8. The number of nitrogens with one attached hydrogen (secondary N) is 2. The quantitative estimate of drug-likeness (QED) is 0.451. The van der Waals surface area contributed by atoms with Crippen LogP contribution in [0.1, 0.15) is 11.3 Å². The molecule has 2 aromatic carbocycles. The summed E-state index contributed by atoms with van der Waals surface area (Å²) < 4.78 is 28.7. The second-order valence-corrected chi connectivity index (χ2v) is 8.82. The van der Waals surface area contributed by atoms with E-state index in [1.54, 1.807) is 19.1 Å². The van der Waals surface area contributed by atoms with Crippen molar-refractivity contribution in [3.05, 3.63) is 74.6 Å². The first kappa shape index (κ1) is 21.2. The lowest BCUT2D eigenvalue weighted by Crippen LogP contribution is -2.26. The van der Waals surface area contributed by atoms with Crippen LogP contribution in [0.25, 0.3) is 5.69 Å². The van der Waals surface area contributed by atoms with Gasteiger partial charge in [-0.2, -0.15) is 0 Å². The number of hydrogen-bond acceptors (Lipinski definition) is 5. The summed E-state index contributed by atoms with van der Waals surface area (Å²) in [6, 6.07) is 13.2. The van der Waals surface area contributed by atoms with E-state index in [1.165, 1.54) is 23.0 Å². The zero-order chi connectivity index (χ0) is 21.0. The number of sulfonamides is 1. The van der Waals surface area contributed by atoms with Gasteiger partial charge >= 0.3 is 0 Å². The highest BCUT2D eigenvalue weighted by atomic mass is 79.9. The minimum Gasteiger partial charge on any atom is -0.395 e. The molecule has 3 rings (SSSR count). The molecule has 0 spiro atoms. The molecule has 1 aromatic heterocycles. The second kappa shape index (κ2) is 8.87. The number of nitrogens with zero attached hydrogens (tertiary/aromatic N) is 2. The van der Waals surface area contributed by atoms with Gasteiger partial charge in [-0.25, -0.2) is 17.8 Å². The molecule has 0 fully saturated rings. The molecule has 0 saturated carbocycles. The van der Waals surface area contributed by atoms with E-state index in [9.17, 15) is 13.2 Å². The van der Waals surface area contributed by atoms with Crippen LogP contribution in [0, 0.1) is 6.92 Å². The number of aliphatic hydroxyl groups is 1. The molecule has 8 nitrogen and oxygen atoms in total. The molecule has 1 heterocycles. The molecule has 0 unspecified atom stereocenters. The van der Waals surface area contributed by atoms with Crippen LogP contribution < -0.4 is 10.3 Å². The number of aliphatic imine (C=N–C) groups is 1. The first-order valence-corrected chi connectivity index (χ1v) is 10.9. The van der Waals surface area contributed by atoms with Crippen molar-refractivity contribution in [3.63, 3.8) is 0 Å². The third-order valence-electron chi connectivity index (χ3n) is 4.10. The topological polar surface area (TPSA) is 117 Å². The summed E-state index contributed by atoms with van der Waals surface area (Å²) in [6.07, 6.45) is 1.46. The van der Waals surface area contributed by atoms with E-state index in [0.717, 1.165) is 4.47 Å². The predicted molar refractivity (Wildman–Crippen MR) is 115 cm³/mol. The van der Waals surface area contributed by atoms with Crippen LogP contribution in [-0.4, -0.2) is 42.7 Å². The Hall–Kier alpha value is -2.53. The van der Waals surface area contributed by atoms with Crippen molar-refractivity contribution in [2.45, 2.75) is 11.8 Å². The SMILES string of the molecule is Cc1[nH]n(-c2ccc(Br)cc2)c(=O)c1C=Nc1ccc(S(=O)(=O)NCCO)cc1. The molecule has 0 aliphatic rings. The number of benzene rings is 2. The Kier molecular flexibility index (Phi) is 6.48. The molecule has 152 valence electrons. The van der Waals surface area contributed by atoms with Crippen molar-refractivity contribution in [3.8, 4) is 5.69 Å². The lowest BCUT2D eigenvalue weighted by Gasteiger charge is -2.05. The van der Waals surface area contributed by atoms with E-state index in [1.807, 2.05) is 24.3 Å². The van der Waals surface area contributed by atoms with Crippen LogP contribution in [-0.2, 0) is 10.0 Å². The first-order valence-electron chi connectivity index (χ1n) is 8.64. The number of aliphatic hydroxyl groups excluding tert-OH is 1. The smallest absolute Gasteiger partial charge is 0.280 e. The van der Waals surface area contributed by atoms with Crippen LogP contribution in [0.5, 0.6) is 0 Å². The first-order chi connectivity index (χ1) is 13.8. The van der Waals surface area contributed by atoms with Crippen molar-refractivity contribution < 1.29 is 13.5 Å². The van der Waals surface area contributed by atoms with Crippen LogP contribution >= 0.6 is 15.9 Å². The molecule has 29 heavy (non-hydrogen) atoms. The lowest BCUT2D eigenvalue weighted by atomic mass is 10.2. The number of aromatic nitrogens is 2. The molecule has 0 aliphatic heterocycles. The van der Waals surface area contributed by atoms with Gasteiger partial charge in [0.2, 0.25) is 10.0 Å². The number of aromatic amines is 1. The Morgan fingerprint density at radius 3 is 2.45 bits per heavy atom. The monoisotopic (exact) mass is 478 g/mol. The van der Waals surface area contributed by atoms with E-state index in [0.29, 0.717) is 22.6 Å². The van der Waals surface area contributed by atoms with Gasteiger partial charge in [-0.1, -0.05) is 15.9 Å². The van der Waals surface area contributed by atoms with E-state index in [4.69, 9.17) is 5.11 Å². The number of hydrogen-bond donors (Lipinski definition) is 3. The normalized spacial score (nSPS) is 12.0. The minimum atomic E-state index is -3.67. The van der Waals surface area contributed by atoms with Crippen molar-refractivity contribution in [1.29, 1.82) is 0 Å². The summed E-state index contributed by atoms with van der Waals surface area (Å²) in [5.74, 6) is 0. The van der Waals surface area contributed by atoms with E-state index >= 15 is 0 Å². The van der Waals surface area contributed by atoms with Crippen LogP contribution in [0.2, 0.25) is 0 Å². The summed E-state index contributed by atoms with van der Waals surface area (Å²) in [5.41, 5.74) is 2.04. The fourth-order valence-electron chi connectivity index (χ4n) is 2.60. The number of rotatable bonds is 7. The van der Waals surface area contributed by atoms with Gasteiger partial charge in [-0.15, -0.1) is 0 Å². The van der Waals surface area contributed by atoms with Crippen molar-refractivity contribution in [2.75, 3.05) is 13.2 Å². The van der Waals surface area contributed by atoms with E-state index < -0.39 is 10.0 Å². The summed E-state index contributed by atoms with van der Waals surface area (Å²) in [7, 11) is -3.67. The molecule has 3 N–H and O–H groups in total. The third-order valence-corrected chi connectivity index (χ3v) is 6.10. The van der Waals surface area contributed by atoms with Gasteiger partial charge in [0.1, 0.15) is 0 Å². The Labute approximate surface area is 176 Å². The average Bonchev–Trinajstić information content (AvgIpc) is 2.99. The number of halogens is 1. The summed E-state index contributed by atoms with van der Waals surface area (Å²) in [4.78, 5) is 17.1. The predicted octanol–water partition coefficient (Wildman–Crippen LogP) is 2.26. The van der Waals surface area contributed by atoms with Crippen molar-refractivity contribution in [2.24, 2.45) is 4.99 Å². The van der Waals surface area contributed by atoms with Gasteiger partial charge in [0.25, 0.3) is 5.56 Å². The van der Waals surface area contributed by atoms with Crippen LogP contribution in [0.4, 0.5) is 5.69 Å². The highest BCUT2D eigenvalue weighted by Gasteiger charge is 2.13. The molecule has 0 atom stereocenters. The molecule has 10 heteroatoms. The highest BCUT2D eigenvalue weighted by Crippen LogP contribution is 2.17. The molecule has 0 aliphatic carbocycles. The molecular weight excluding hydrogens is 460 g/mol. The van der Waals surface area contributed by atoms with Crippen molar-refractivity contribution >= 4 is 37.9 Å².